The third-order valence-corrected chi connectivity index (χ3v) is 5.55. The number of unbranched alkanes of at least 4 members (excludes halogenated alkanes) is 11. The van der Waals surface area contributed by atoms with Crippen LogP contribution in [0.1, 0.15) is 103 Å². The summed E-state index contributed by atoms with van der Waals surface area (Å²) in [7, 11) is 4.41. The van der Waals surface area contributed by atoms with Crippen molar-refractivity contribution in [2.24, 2.45) is 0 Å². The highest BCUT2D eigenvalue weighted by molar-refractivity contribution is 5.75. The maximum atomic E-state index is 11.9. The van der Waals surface area contributed by atoms with Gasteiger partial charge < -0.3 is 9.80 Å². The Balaban J connectivity index is 3.34. The Morgan fingerprint density at radius 2 is 1.38 bits per heavy atom. The fraction of sp³-hybridized carbons (Fsp3) is 0.808. The quantitative estimate of drug-likeness (QED) is 0.127. The zero-order valence-electron chi connectivity index (χ0n) is 20.0. The second-order valence-electron chi connectivity index (χ2n) is 9.17. The molecule has 170 valence electrons. The lowest BCUT2D eigenvalue weighted by Gasteiger charge is -2.28. The molecule has 3 nitrogen and oxygen atoms in total. The van der Waals surface area contributed by atoms with Crippen LogP contribution < -0.4 is 5.32 Å². The third kappa shape index (κ3) is 21.4. The number of allylic oxidation sites excluding steroid dienone is 2. The first-order valence-corrected chi connectivity index (χ1v) is 12.4. The topological polar surface area (TPSA) is 29.1 Å². The van der Waals surface area contributed by atoms with Crippen molar-refractivity contribution in [3.63, 3.8) is 0 Å². The van der Waals surface area contributed by atoms with Crippen LogP contribution in [0.25, 0.3) is 0 Å². The molecule has 0 unspecified atom stereocenters. The molecule has 0 heterocycles. The van der Waals surface area contributed by atoms with Gasteiger partial charge in [-0.1, -0.05) is 77.0 Å². The van der Waals surface area contributed by atoms with Gasteiger partial charge in [0, 0.05) is 19.4 Å². The first-order valence-electron chi connectivity index (χ1n) is 12.4. The van der Waals surface area contributed by atoms with Gasteiger partial charge >= 0.3 is 0 Å². The molecule has 0 aromatic rings. The summed E-state index contributed by atoms with van der Waals surface area (Å²) in [4.78, 5) is 11.9. The van der Waals surface area contributed by atoms with E-state index >= 15 is 0 Å². The lowest BCUT2D eigenvalue weighted by Crippen LogP contribution is -2.41. The molecule has 29 heavy (non-hydrogen) atoms. The van der Waals surface area contributed by atoms with Crippen molar-refractivity contribution in [3.05, 3.63) is 24.8 Å². The number of quaternary nitrogens is 1. The molecule has 0 radical (unpaired) electrons. The lowest BCUT2D eigenvalue weighted by molar-refractivity contribution is -0.884. The molecule has 0 spiro atoms. The van der Waals surface area contributed by atoms with Crippen molar-refractivity contribution in [2.75, 3.05) is 33.7 Å². The van der Waals surface area contributed by atoms with Gasteiger partial charge in [0.05, 0.1) is 27.2 Å². The van der Waals surface area contributed by atoms with E-state index in [0.717, 1.165) is 37.0 Å². The summed E-state index contributed by atoms with van der Waals surface area (Å²) in [5.41, 5.74) is 0. The molecule has 3 heteroatoms. The second-order valence-corrected chi connectivity index (χ2v) is 9.17. The number of likely N-dealkylation sites (N-methyl/N-ethyl adjacent to an activating group) is 1. The molecule has 1 N–H and O–H groups in total. The lowest BCUT2D eigenvalue weighted by atomic mass is 10.1. The molecule has 0 atom stereocenters. The zero-order chi connectivity index (χ0) is 21.6. The summed E-state index contributed by atoms with van der Waals surface area (Å²) >= 11 is 0. The fourth-order valence-electron chi connectivity index (χ4n) is 3.62. The van der Waals surface area contributed by atoms with E-state index in [2.05, 4.69) is 45.1 Å². The molecule has 1 amide bonds. The Labute approximate surface area is 182 Å². The largest absolute Gasteiger partial charge is 0.356 e. The van der Waals surface area contributed by atoms with Gasteiger partial charge in [0.25, 0.3) is 0 Å². The second kappa shape index (κ2) is 20.2. The van der Waals surface area contributed by atoms with E-state index < -0.39 is 0 Å². The molecular weight excluding hydrogens is 356 g/mol. The number of hydrogen-bond donors (Lipinski definition) is 1. The van der Waals surface area contributed by atoms with E-state index in [9.17, 15) is 4.79 Å². The first-order chi connectivity index (χ1) is 14.0. The number of carbonyl (C=O) groups is 1. The summed E-state index contributed by atoms with van der Waals surface area (Å²) in [6.45, 7) is 8.91. The van der Waals surface area contributed by atoms with E-state index in [1.807, 2.05) is 6.08 Å². The molecule has 0 bridgehead atoms. The predicted octanol–water partition coefficient (Wildman–Crippen LogP) is 6.79. The number of hydrogen-bond acceptors (Lipinski definition) is 1. The molecule has 0 aromatic carbocycles. The molecule has 0 saturated heterocycles. The summed E-state index contributed by atoms with van der Waals surface area (Å²) < 4.78 is 0.938. The average molecular weight is 408 g/mol. The SMILES string of the molecule is C=CC[N+](C)(C)CCCNC(=O)CCCCCCC/C=C\CCCCCCCC. The first kappa shape index (κ1) is 27.9. The summed E-state index contributed by atoms with van der Waals surface area (Å²) in [6.07, 6.45) is 25.2. The van der Waals surface area contributed by atoms with Gasteiger partial charge in [-0.15, -0.1) is 0 Å². The fourth-order valence-corrected chi connectivity index (χ4v) is 3.62. The highest BCUT2D eigenvalue weighted by atomic mass is 16.1. The van der Waals surface area contributed by atoms with Crippen molar-refractivity contribution >= 4 is 5.91 Å². The van der Waals surface area contributed by atoms with Crippen LogP contribution in [-0.2, 0) is 4.79 Å². The van der Waals surface area contributed by atoms with E-state index in [-0.39, 0.29) is 5.91 Å². The van der Waals surface area contributed by atoms with E-state index in [0.29, 0.717) is 6.42 Å². The molecular formula is C26H51N2O+. The molecule has 0 saturated carbocycles. The average Bonchev–Trinajstić information content (AvgIpc) is 2.68. The summed E-state index contributed by atoms with van der Waals surface area (Å²) in [6, 6.07) is 0. The highest BCUT2D eigenvalue weighted by Crippen LogP contribution is 2.10. The van der Waals surface area contributed by atoms with E-state index in [1.54, 1.807) is 0 Å². The van der Waals surface area contributed by atoms with Crippen molar-refractivity contribution in [3.8, 4) is 0 Å². The van der Waals surface area contributed by atoms with Crippen LogP contribution in [0.3, 0.4) is 0 Å². The standard InChI is InChI=1S/C26H50N2O/c1-5-7-8-9-10-11-12-13-14-15-16-17-18-19-20-22-26(29)27-23-21-25-28(3,4)24-6-2/h6,13-14H,2,5,7-12,15-25H2,1,3-4H3/p+1/b14-13-. The van der Waals surface area contributed by atoms with Crippen LogP contribution in [0.15, 0.2) is 24.8 Å². The van der Waals surface area contributed by atoms with Crippen molar-refractivity contribution < 1.29 is 9.28 Å². The Morgan fingerprint density at radius 1 is 0.828 bits per heavy atom. The summed E-state index contributed by atoms with van der Waals surface area (Å²) in [5.74, 6) is 0.219. The van der Waals surface area contributed by atoms with Crippen LogP contribution in [0.5, 0.6) is 0 Å². The molecule has 0 aliphatic carbocycles. The van der Waals surface area contributed by atoms with Crippen molar-refractivity contribution in [1.29, 1.82) is 0 Å². The van der Waals surface area contributed by atoms with Crippen LogP contribution in [0, 0.1) is 0 Å². The maximum Gasteiger partial charge on any atom is 0.219 e. The van der Waals surface area contributed by atoms with Crippen molar-refractivity contribution in [2.45, 2.75) is 103 Å². The minimum absolute atomic E-state index is 0.219. The van der Waals surface area contributed by atoms with Gasteiger partial charge in [0.2, 0.25) is 5.91 Å². The number of nitrogens with zero attached hydrogens (tertiary/aromatic N) is 1. The number of carbonyl (C=O) groups excluding carboxylic acids is 1. The Hall–Kier alpha value is -1.09. The van der Waals surface area contributed by atoms with Gasteiger partial charge in [0.1, 0.15) is 0 Å². The molecule has 0 aliphatic rings. The Bertz CT molecular complexity index is 415. The minimum Gasteiger partial charge on any atom is -0.356 e. The van der Waals surface area contributed by atoms with Gasteiger partial charge in [-0.3, -0.25) is 4.79 Å². The molecule has 0 fully saturated rings. The molecule has 0 aliphatic heterocycles. The van der Waals surface area contributed by atoms with Crippen molar-refractivity contribution in [1.82, 2.24) is 5.32 Å². The van der Waals surface area contributed by atoms with Crippen LogP contribution in [-0.4, -0.2) is 44.1 Å². The molecule has 0 aromatic heterocycles. The Kier molecular flexibility index (Phi) is 19.4. The number of amides is 1. The van der Waals surface area contributed by atoms with Gasteiger partial charge in [-0.25, -0.2) is 0 Å². The Morgan fingerprint density at radius 3 is 1.97 bits per heavy atom. The number of nitrogens with one attached hydrogen (secondary N) is 1. The monoisotopic (exact) mass is 407 g/mol. The van der Waals surface area contributed by atoms with Gasteiger partial charge in [0.15, 0.2) is 0 Å². The maximum absolute atomic E-state index is 11.9. The van der Waals surface area contributed by atoms with Gasteiger partial charge in [-0.2, -0.15) is 0 Å². The van der Waals surface area contributed by atoms with E-state index in [1.165, 1.54) is 77.0 Å². The third-order valence-electron chi connectivity index (χ3n) is 5.55. The summed E-state index contributed by atoms with van der Waals surface area (Å²) in [5, 5.41) is 3.06. The van der Waals surface area contributed by atoms with Crippen LogP contribution in [0.4, 0.5) is 0 Å². The normalized spacial score (nSPS) is 11.8. The zero-order valence-corrected chi connectivity index (χ0v) is 20.0. The molecule has 0 rings (SSSR count). The van der Waals surface area contributed by atoms with Crippen LogP contribution in [0.2, 0.25) is 0 Å². The van der Waals surface area contributed by atoms with Gasteiger partial charge in [-0.05, 0) is 38.2 Å². The number of rotatable bonds is 21. The van der Waals surface area contributed by atoms with E-state index in [4.69, 9.17) is 0 Å². The predicted molar refractivity (Wildman–Crippen MR) is 129 cm³/mol. The van der Waals surface area contributed by atoms with Crippen LogP contribution >= 0.6 is 0 Å². The highest BCUT2D eigenvalue weighted by Gasteiger charge is 2.11. The minimum atomic E-state index is 0.219. The smallest absolute Gasteiger partial charge is 0.219 e.